The van der Waals surface area contributed by atoms with E-state index in [9.17, 15) is 4.79 Å². The number of para-hydroxylation sites is 1. The molecular weight excluding hydrogens is 392 g/mol. The van der Waals surface area contributed by atoms with Crippen molar-refractivity contribution in [3.63, 3.8) is 0 Å². The highest BCUT2D eigenvalue weighted by Gasteiger charge is 2.21. The van der Waals surface area contributed by atoms with Crippen LogP contribution in [0.1, 0.15) is 40.8 Å². The molecule has 4 rings (SSSR count). The van der Waals surface area contributed by atoms with Crippen molar-refractivity contribution in [3.05, 3.63) is 76.0 Å². The van der Waals surface area contributed by atoms with E-state index < -0.39 is 0 Å². The number of carbonyl (C=O) groups is 1. The van der Waals surface area contributed by atoms with Crippen molar-refractivity contribution in [1.82, 2.24) is 20.1 Å². The number of rotatable bonds is 5. The predicted molar refractivity (Wildman–Crippen MR) is 113 cm³/mol. The van der Waals surface area contributed by atoms with Gasteiger partial charge < -0.3 is 5.32 Å². The van der Waals surface area contributed by atoms with Gasteiger partial charge in [-0.2, -0.15) is 5.10 Å². The Bertz CT molecular complexity index is 1120. The predicted octanol–water partition coefficient (Wildman–Crippen LogP) is 5.19. The zero-order valence-electron chi connectivity index (χ0n) is 15.5. The summed E-state index contributed by atoms with van der Waals surface area (Å²) in [7, 11) is 0. The summed E-state index contributed by atoms with van der Waals surface area (Å²) in [5, 5.41) is 8.93. The SMILES string of the molecule is CC(C)c1c(C(=O)NCc2nc3ccccc3s2)cnn1-c1cccc(Cl)c1. The Hall–Kier alpha value is -2.70. The van der Waals surface area contributed by atoms with Crippen LogP contribution in [-0.4, -0.2) is 20.7 Å². The molecule has 0 saturated heterocycles. The summed E-state index contributed by atoms with van der Waals surface area (Å²) in [5.41, 5.74) is 3.20. The van der Waals surface area contributed by atoms with E-state index in [4.69, 9.17) is 11.6 Å². The van der Waals surface area contributed by atoms with Crippen molar-refractivity contribution >= 4 is 39.1 Å². The zero-order chi connectivity index (χ0) is 19.7. The molecule has 2 heterocycles. The first-order valence-corrected chi connectivity index (χ1v) is 10.2. The maximum Gasteiger partial charge on any atom is 0.255 e. The third-order valence-corrected chi connectivity index (χ3v) is 5.66. The second kappa shape index (κ2) is 7.73. The number of thiazole rings is 1. The fourth-order valence-corrected chi connectivity index (χ4v) is 4.24. The minimum absolute atomic E-state index is 0.115. The number of fused-ring (bicyclic) bond motifs is 1. The van der Waals surface area contributed by atoms with Gasteiger partial charge in [0.05, 0.1) is 39.9 Å². The summed E-state index contributed by atoms with van der Waals surface area (Å²) in [6, 6.07) is 15.4. The molecule has 0 fully saturated rings. The van der Waals surface area contributed by atoms with Gasteiger partial charge >= 0.3 is 0 Å². The lowest BCUT2D eigenvalue weighted by Crippen LogP contribution is -2.24. The summed E-state index contributed by atoms with van der Waals surface area (Å²) in [4.78, 5) is 17.4. The van der Waals surface area contributed by atoms with Gasteiger partial charge in [0.2, 0.25) is 0 Å². The average Bonchev–Trinajstić information content (AvgIpc) is 3.30. The molecule has 142 valence electrons. The lowest BCUT2D eigenvalue weighted by atomic mass is 10.1. The number of carbonyl (C=O) groups excluding carboxylic acids is 1. The van der Waals surface area contributed by atoms with E-state index in [-0.39, 0.29) is 11.8 Å². The molecule has 0 radical (unpaired) electrons. The van der Waals surface area contributed by atoms with E-state index in [0.717, 1.165) is 26.6 Å². The molecule has 0 aliphatic carbocycles. The lowest BCUT2D eigenvalue weighted by molar-refractivity contribution is 0.0949. The maximum atomic E-state index is 12.9. The molecule has 0 aliphatic rings. The van der Waals surface area contributed by atoms with Crippen molar-refractivity contribution in [2.45, 2.75) is 26.3 Å². The summed E-state index contributed by atoms with van der Waals surface area (Å²) in [5.74, 6) is -0.0408. The van der Waals surface area contributed by atoms with Crippen LogP contribution in [0.3, 0.4) is 0 Å². The maximum absolute atomic E-state index is 12.9. The topological polar surface area (TPSA) is 59.8 Å². The number of hydrogen-bond donors (Lipinski definition) is 1. The van der Waals surface area contributed by atoms with Crippen LogP contribution in [0, 0.1) is 0 Å². The van der Waals surface area contributed by atoms with E-state index in [0.29, 0.717) is 17.1 Å². The van der Waals surface area contributed by atoms with Gasteiger partial charge in [0.25, 0.3) is 5.91 Å². The Morgan fingerprint density at radius 2 is 2.04 bits per heavy atom. The first-order chi connectivity index (χ1) is 13.5. The van der Waals surface area contributed by atoms with Crippen LogP contribution in [0.5, 0.6) is 0 Å². The van der Waals surface area contributed by atoms with Gasteiger partial charge in [-0.1, -0.05) is 43.6 Å². The molecule has 0 bridgehead atoms. The summed E-state index contributed by atoms with van der Waals surface area (Å²) >= 11 is 7.71. The number of hydrogen-bond acceptors (Lipinski definition) is 4. The van der Waals surface area contributed by atoms with Crippen LogP contribution in [0.2, 0.25) is 5.02 Å². The van der Waals surface area contributed by atoms with E-state index in [1.54, 1.807) is 22.2 Å². The fourth-order valence-electron chi connectivity index (χ4n) is 3.15. The molecule has 5 nitrogen and oxygen atoms in total. The molecule has 7 heteroatoms. The number of aromatic nitrogens is 3. The Kier molecular flexibility index (Phi) is 5.15. The molecular formula is C21H19ClN4OS. The quantitative estimate of drug-likeness (QED) is 0.492. The van der Waals surface area contributed by atoms with Gasteiger partial charge in [0, 0.05) is 5.02 Å². The normalized spacial score (nSPS) is 11.3. The smallest absolute Gasteiger partial charge is 0.255 e. The van der Waals surface area contributed by atoms with Crippen molar-refractivity contribution in [1.29, 1.82) is 0 Å². The van der Waals surface area contributed by atoms with Gasteiger partial charge in [-0.05, 0) is 36.2 Å². The first kappa shape index (κ1) is 18.7. The third-order valence-electron chi connectivity index (χ3n) is 4.39. The monoisotopic (exact) mass is 410 g/mol. The summed E-state index contributed by atoms with van der Waals surface area (Å²) < 4.78 is 2.90. The first-order valence-electron chi connectivity index (χ1n) is 8.99. The number of amides is 1. The van der Waals surface area contributed by atoms with Crippen LogP contribution in [-0.2, 0) is 6.54 Å². The number of benzene rings is 2. The molecule has 0 unspecified atom stereocenters. The fraction of sp³-hybridized carbons (Fsp3) is 0.190. The van der Waals surface area contributed by atoms with Gasteiger partial charge in [-0.15, -0.1) is 11.3 Å². The number of halogens is 1. The Labute approximate surface area is 172 Å². The van der Waals surface area contributed by atoms with Crippen LogP contribution in [0.15, 0.2) is 54.7 Å². The molecule has 1 amide bonds. The molecule has 4 aromatic rings. The van der Waals surface area contributed by atoms with Gasteiger partial charge in [0.1, 0.15) is 5.01 Å². The molecule has 0 saturated carbocycles. The Morgan fingerprint density at radius 1 is 1.21 bits per heavy atom. The van der Waals surface area contributed by atoms with Crippen LogP contribution in [0.4, 0.5) is 0 Å². The molecule has 28 heavy (non-hydrogen) atoms. The van der Waals surface area contributed by atoms with Gasteiger partial charge in [-0.3, -0.25) is 4.79 Å². The summed E-state index contributed by atoms with van der Waals surface area (Å²) in [6.45, 7) is 4.48. The average molecular weight is 411 g/mol. The second-order valence-corrected chi connectivity index (χ2v) is 8.30. The van der Waals surface area contributed by atoms with E-state index in [1.165, 1.54) is 0 Å². The molecule has 1 N–H and O–H groups in total. The van der Waals surface area contributed by atoms with Gasteiger partial charge in [-0.25, -0.2) is 9.67 Å². The van der Waals surface area contributed by atoms with Gasteiger partial charge in [0.15, 0.2) is 0 Å². The Morgan fingerprint density at radius 3 is 2.79 bits per heavy atom. The van der Waals surface area contributed by atoms with Crippen LogP contribution < -0.4 is 5.32 Å². The molecule has 0 atom stereocenters. The third kappa shape index (κ3) is 3.66. The second-order valence-electron chi connectivity index (χ2n) is 6.75. The minimum atomic E-state index is -0.156. The zero-order valence-corrected chi connectivity index (χ0v) is 17.1. The molecule has 0 aliphatic heterocycles. The van der Waals surface area contributed by atoms with Crippen LogP contribution >= 0.6 is 22.9 Å². The summed E-state index contributed by atoms with van der Waals surface area (Å²) in [6.07, 6.45) is 1.62. The standard InChI is InChI=1S/C21H19ClN4OS/c1-13(2)20-16(11-24-26(20)15-7-5-6-14(22)10-15)21(27)23-12-19-25-17-8-3-4-9-18(17)28-19/h3-11,13H,12H2,1-2H3,(H,23,27). The highest BCUT2D eigenvalue weighted by molar-refractivity contribution is 7.18. The van der Waals surface area contributed by atoms with Crippen molar-refractivity contribution in [3.8, 4) is 5.69 Å². The number of nitrogens with one attached hydrogen (secondary N) is 1. The molecule has 2 aromatic carbocycles. The largest absolute Gasteiger partial charge is 0.345 e. The van der Waals surface area contributed by atoms with Crippen LogP contribution in [0.25, 0.3) is 15.9 Å². The molecule has 2 aromatic heterocycles. The van der Waals surface area contributed by atoms with E-state index >= 15 is 0 Å². The lowest BCUT2D eigenvalue weighted by Gasteiger charge is -2.13. The van der Waals surface area contributed by atoms with E-state index in [1.807, 2.05) is 62.4 Å². The van der Waals surface area contributed by atoms with Crippen molar-refractivity contribution in [2.75, 3.05) is 0 Å². The highest BCUT2D eigenvalue weighted by Crippen LogP contribution is 2.25. The molecule has 0 spiro atoms. The Balaban J connectivity index is 1.58. The van der Waals surface area contributed by atoms with Crippen molar-refractivity contribution < 1.29 is 4.79 Å². The van der Waals surface area contributed by atoms with E-state index in [2.05, 4.69) is 15.4 Å². The highest BCUT2D eigenvalue weighted by atomic mass is 35.5. The number of nitrogens with zero attached hydrogens (tertiary/aromatic N) is 3. The minimum Gasteiger partial charge on any atom is -0.345 e. The van der Waals surface area contributed by atoms with Crippen molar-refractivity contribution in [2.24, 2.45) is 0 Å².